The number of carbonyl (C=O) groups is 2. The number of hydrogen-bond acceptors (Lipinski definition) is 4. The number of aliphatic carboxylic acids is 1. The summed E-state index contributed by atoms with van der Waals surface area (Å²) < 4.78 is 0. The van der Waals surface area contributed by atoms with Crippen molar-refractivity contribution in [1.29, 1.82) is 0 Å². The third kappa shape index (κ3) is 6.32. The molecule has 0 unspecified atom stereocenters. The second-order valence-electron chi connectivity index (χ2n) is 6.57. The molecular formula is C16H29N3O3. The molecule has 1 saturated heterocycles. The Kier molecular flexibility index (Phi) is 7.12. The Bertz CT molecular complexity index is 362. The van der Waals surface area contributed by atoms with Crippen LogP contribution in [0.25, 0.3) is 0 Å². The van der Waals surface area contributed by atoms with Gasteiger partial charge in [0.1, 0.15) is 0 Å². The van der Waals surface area contributed by atoms with E-state index in [0.29, 0.717) is 19.0 Å². The monoisotopic (exact) mass is 311 g/mol. The average Bonchev–Trinajstić information content (AvgIpc) is 2.53. The van der Waals surface area contributed by atoms with Crippen LogP contribution in [0.4, 0.5) is 0 Å². The summed E-state index contributed by atoms with van der Waals surface area (Å²) in [6, 6.07) is 0. The van der Waals surface area contributed by atoms with Crippen molar-refractivity contribution in [2.45, 2.75) is 38.5 Å². The fourth-order valence-electron chi connectivity index (χ4n) is 3.33. The molecule has 0 bridgehead atoms. The number of nitrogens with zero attached hydrogens (tertiary/aromatic N) is 2. The maximum Gasteiger partial charge on any atom is 0.304 e. The Morgan fingerprint density at radius 2 is 1.64 bits per heavy atom. The van der Waals surface area contributed by atoms with Crippen LogP contribution in [0.2, 0.25) is 0 Å². The lowest BCUT2D eigenvalue weighted by molar-refractivity contribution is -0.137. The first-order chi connectivity index (χ1) is 10.6. The third-order valence-electron chi connectivity index (χ3n) is 4.79. The van der Waals surface area contributed by atoms with Crippen LogP contribution in [-0.2, 0) is 9.59 Å². The minimum absolute atomic E-state index is 0.129. The van der Waals surface area contributed by atoms with Gasteiger partial charge in [0, 0.05) is 39.3 Å². The Morgan fingerprint density at radius 3 is 2.27 bits per heavy atom. The van der Waals surface area contributed by atoms with Crippen LogP contribution >= 0.6 is 0 Å². The van der Waals surface area contributed by atoms with Crippen molar-refractivity contribution < 1.29 is 14.7 Å². The van der Waals surface area contributed by atoms with Crippen LogP contribution in [0.1, 0.15) is 38.5 Å². The lowest BCUT2D eigenvalue weighted by Gasteiger charge is -2.34. The molecule has 1 aliphatic carbocycles. The summed E-state index contributed by atoms with van der Waals surface area (Å²) in [7, 11) is 0. The smallest absolute Gasteiger partial charge is 0.304 e. The van der Waals surface area contributed by atoms with Gasteiger partial charge in [-0.3, -0.25) is 14.5 Å². The van der Waals surface area contributed by atoms with Gasteiger partial charge in [-0.05, 0) is 18.8 Å². The van der Waals surface area contributed by atoms with Crippen molar-refractivity contribution in [3.63, 3.8) is 0 Å². The molecule has 1 amide bonds. The molecule has 0 spiro atoms. The van der Waals surface area contributed by atoms with E-state index in [1.54, 1.807) is 0 Å². The van der Waals surface area contributed by atoms with Crippen molar-refractivity contribution in [2.75, 3.05) is 45.8 Å². The molecule has 0 radical (unpaired) electrons. The van der Waals surface area contributed by atoms with Crippen LogP contribution in [0.5, 0.6) is 0 Å². The van der Waals surface area contributed by atoms with Crippen LogP contribution in [0, 0.1) is 5.92 Å². The highest BCUT2D eigenvalue weighted by Gasteiger charge is 2.20. The number of nitrogens with one attached hydrogen (secondary N) is 1. The molecule has 126 valence electrons. The van der Waals surface area contributed by atoms with Crippen molar-refractivity contribution in [3.05, 3.63) is 0 Å². The predicted octanol–water partition coefficient (Wildman–Crippen LogP) is 0.775. The second-order valence-corrected chi connectivity index (χ2v) is 6.57. The lowest BCUT2D eigenvalue weighted by Crippen LogP contribution is -2.50. The summed E-state index contributed by atoms with van der Waals surface area (Å²) in [4.78, 5) is 26.9. The van der Waals surface area contributed by atoms with E-state index < -0.39 is 5.97 Å². The zero-order valence-corrected chi connectivity index (χ0v) is 13.4. The molecule has 2 N–H and O–H groups in total. The van der Waals surface area contributed by atoms with Crippen molar-refractivity contribution in [1.82, 2.24) is 15.1 Å². The van der Waals surface area contributed by atoms with Gasteiger partial charge in [-0.2, -0.15) is 0 Å². The topological polar surface area (TPSA) is 72.9 Å². The van der Waals surface area contributed by atoms with Gasteiger partial charge in [-0.1, -0.05) is 19.3 Å². The zero-order chi connectivity index (χ0) is 15.8. The van der Waals surface area contributed by atoms with Gasteiger partial charge in [0.05, 0.1) is 13.0 Å². The Labute approximate surface area is 132 Å². The Balaban J connectivity index is 1.57. The summed E-state index contributed by atoms with van der Waals surface area (Å²) in [5, 5.41) is 11.8. The van der Waals surface area contributed by atoms with Crippen molar-refractivity contribution >= 4 is 11.9 Å². The first-order valence-electron chi connectivity index (χ1n) is 8.56. The third-order valence-corrected chi connectivity index (χ3v) is 4.79. The second kappa shape index (κ2) is 9.10. The summed E-state index contributed by atoms with van der Waals surface area (Å²) in [5.74, 6) is 0.0552. The van der Waals surface area contributed by atoms with Crippen LogP contribution in [-0.4, -0.2) is 72.6 Å². The molecule has 0 aromatic rings. The number of rotatable bonds is 7. The van der Waals surface area contributed by atoms with E-state index in [1.807, 2.05) is 0 Å². The fourth-order valence-corrected chi connectivity index (χ4v) is 3.33. The molecule has 2 fully saturated rings. The van der Waals surface area contributed by atoms with E-state index in [0.717, 1.165) is 32.7 Å². The van der Waals surface area contributed by atoms with Gasteiger partial charge in [0.25, 0.3) is 0 Å². The predicted molar refractivity (Wildman–Crippen MR) is 84.7 cm³/mol. The minimum atomic E-state index is -0.746. The van der Waals surface area contributed by atoms with Gasteiger partial charge in [0.2, 0.25) is 5.91 Å². The first-order valence-corrected chi connectivity index (χ1v) is 8.56. The summed E-state index contributed by atoms with van der Waals surface area (Å²) >= 11 is 0. The number of carbonyl (C=O) groups excluding carboxylic acids is 1. The minimum Gasteiger partial charge on any atom is -0.481 e. The molecule has 6 nitrogen and oxygen atoms in total. The van der Waals surface area contributed by atoms with E-state index in [2.05, 4.69) is 15.1 Å². The number of amides is 1. The van der Waals surface area contributed by atoms with E-state index in [1.165, 1.54) is 32.1 Å². The standard InChI is InChI=1S/C16H29N3O3/c20-15(17-12-14-4-2-1-3-5-14)13-19-10-8-18(9-11-19)7-6-16(21)22/h14H,1-13H2,(H,17,20)(H,21,22). The number of carboxylic acids is 1. The summed E-state index contributed by atoms with van der Waals surface area (Å²) in [6.45, 7) is 5.30. The molecule has 0 aromatic carbocycles. The van der Waals surface area contributed by atoms with Gasteiger partial charge >= 0.3 is 5.97 Å². The van der Waals surface area contributed by atoms with Gasteiger partial charge in [-0.15, -0.1) is 0 Å². The Morgan fingerprint density at radius 1 is 1.00 bits per heavy atom. The highest BCUT2D eigenvalue weighted by atomic mass is 16.4. The van der Waals surface area contributed by atoms with E-state index in [4.69, 9.17) is 5.11 Å². The van der Waals surface area contributed by atoms with E-state index in [-0.39, 0.29) is 12.3 Å². The van der Waals surface area contributed by atoms with Gasteiger partial charge in [-0.25, -0.2) is 0 Å². The normalized spacial score (nSPS) is 21.6. The van der Waals surface area contributed by atoms with E-state index in [9.17, 15) is 9.59 Å². The molecule has 1 heterocycles. The highest BCUT2D eigenvalue weighted by molar-refractivity contribution is 5.78. The van der Waals surface area contributed by atoms with Gasteiger partial charge < -0.3 is 15.3 Å². The highest BCUT2D eigenvalue weighted by Crippen LogP contribution is 2.22. The molecule has 1 aliphatic heterocycles. The lowest BCUT2D eigenvalue weighted by atomic mass is 9.89. The maximum absolute atomic E-state index is 12.0. The number of hydrogen-bond donors (Lipinski definition) is 2. The maximum atomic E-state index is 12.0. The molecule has 2 aliphatic rings. The summed E-state index contributed by atoms with van der Waals surface area (Å²) in [5.41, 5.74) is 0. The van der Waals surface area contributed by atoms with Crippen LogP contribution < -0.4 is 5.32 Å². The number of piperazine rings is 1. The quantitative estimate of drug-likeness (QED) is 0.727. The first kappa shape index (κ1) is 17.2. The van der Waals surface area contributed by atoms with Crippen LogP contribution in [0.15, 0.2) is 0 Å². The SMILES string of the molecule is O=C(O)CCN1CCN(CC(=O)NCC2CCCCC2)CC1. The molecule has 2 rings (SSSR count). The largest absolute Gasteiger partial charge is 0.481 e. The molecule has 22 heavy (non-hydrogen) atoms. The zero-order valence-electron chi connectivity index (χ0n) is 13.4. The molecule has 0 aromatic heterocycles. The molecule has 1 saturated carbocycles. The summed E-state index contributed by atoms with van der Waals surface area (Å²) in [6.07, 6.45) is 6.65. The molecule has 6 heteroatoms. The number of carboxylic acid groups (broad SMARTS) is 1. The van der Waals surface area contributed by atoms with E-state index >= 15 is 0 Å². The van der Waals surface area contributed by atoms with Crippen molar-refractivity contribution in [3.8, 4) is 0 Å². The van der Waals surface area contributed by atoms with Crippen molar-refractivity contribution in [2.24, 2.45) is 5.92 Å². The van der Waals surface area contributed by atoms with Gasteiger partial charge in [0.15, 0.2) is 0 Å². The molecule has 0 atom stereocenters. The Hall–Kier alpha value is -1.14. The van der Waals surface area contributed by atoms with Crippen LogP contribution in [0.3, 0.4) is 0 Å². The molecular weight excluding hydrogens is 282 g/mol. The average molecular weight is 311 g/mol. The fraction of sp³-hybridized carbons (Fsp3) is 0.875.